The number of aryl methyl sites for hydroxylation is 1. The van der Waals surface area contributed by atoms with Crippen LogP contribution in [0.1, 0.15) is 43.1 Å². The summed E-state index contributed by atoms with van der Waals surface area (Å²) >= 11 is 0. The Labute approximate surface area is 218 Å². The van der Waals surface area contributed by atoms with Crippen molar-refractivity contribution in [1.29, 1.82) is 0 Å². The van der Waals surface area contributed by atoms with Crippen LogP contribution in [0.3, 0.4) is 0 Å². The third kappa shape index (κ3) is 5.85. The highest BCUT2D eigenvalue weighted by atomic mass is 16.5. The van der Waals surface area contributed by atoms with Crippen LogP contribution >= 0.6 is 0 Å². The highest BCUT2D eigenvalue weighted by Crippen LogP contribution is 2.29. The Morgan fingerprint density at radius 2 is 1.86 bits per heavy atom. The van der Waals surface area contributed by atoms with E-state index in [2.05, 4.69) is 76.8 Å². The van der Waals surface area contributed by atoms with E-state index in [1.165, 1.54) is 11.1 Å². The molecule has 2 N–H and O–H groups in total. The van der Waals surface area contributed by atoms with E-state index in [-0.39, 0.29) is 6.03 Å². The van der Waals surface area contributed by atoms with Crippen molar-refractivity contribution in [3.8, 4) is 16.9 Å². The lowest BCUT2D eigenvalue weighted by Crippen LogP contribution is -2.41. The number of nitrogens with one attached hydrogen (secondary N) is 2. The predicted octanol–water partition coefficient (Wildman–Crippen LogP) is 6.72. The molecular weight excluding hydrogens is 460 g/mol. The molecule has 2 heterocycles. The molecule has 3 aromatic carbocycles. The maximum Gasteiger partial charge on any atom is 0.317 e. The SMILES string of the molecule is CCCCOc1ccc(-c2ccc3nc(C)[nH]c3c2)cc1CNC(=O)N1CC=C(c2ccccc2)CC1. The van der Waals surface area contributed by atoms with Gasteiger partial charge in [0.25, 0.3) is 0 Å². The summed E-state index contributed by atoms with van der Waals surface area (Å²) < 4.78 is 6.09. The van der Waals surface area contributed by atoms with Crippen molar-refractivity contribution >= 4 is 22.6 Å². The molecule has 0 saturated heterocycles. The first-order chi connectivity index (χ1) is 18.1. The molecule has 0 bridgehead atoms. The number of fused-ring (bicyclic) bond motifs is 1. The molecule has 4 aromatic rings. The first-order valence-electron chi connectivity index (χ1n) is 13.1. The molecule has 190 valence electrons. The number of urea groups is 1. The monoisotopic (exact) mass is 494 g/mol. The topological polar surface area (TPSA) is 70.2 Å². The van der Waals surface area contributed by atoms with Crippen LogP contribution < -0.4 is 10.1 Å². The van der Waals surface area contributed by atoms with Gasteiger partial charge in [-0.3, -0.25) is 0 Å². The van der Waals surface area contributed by atoms with Crippen LogP contribution in [0.4, 0.5) is 4.79 Å². The molecular formula is C31H34N4O2. The zero-order chi connectivity index (χ0) is 25.6. The normalized spacial score (nSPS) is 13.5. The summed E-state index contributed by atoms with van der Waals surface area (Å²) in [5, 5.41) is 3.13. The fraction of sp³-hybridized carbons (Fsp3) is 0.290. The Balaban J connectivity index is 1.30. The number of nitrogens with zero attached hydrogens (tertiary/aromatic N) is 2. The highest BCUT2D eigenvalue weighted by Gasteiger charge is 2.18. The van der Waals surface area contributed by atoms with Gasteiger partial charge in [0, 0.05) is 25.2 Å². The fourth-order valence-corrected chi connectivity index (χ4v) is 4.73. The summed E-state index contributed by atoms with van der Waals surface area (Å²) in [5.41, 5.74) is 7.65. The Kier molecular flexibility index (Phi) is 7.54. The number of carbonyl (C=O) groups is 1. The van der Waals surface area contributed by atoms with Gasteiger partial charge in [-0.15, -0.1) is 0 Å². The average molecular weight is 495 g/mol. The second-order valence-corrected chi connectivity index (χ2v) is 9.53. The average Bonchev–Trinajstić information content (AvgIpc) is 3.32. The molecule has 2 amide bonds. The molecule has 5 rings (SSSR count). The standard InChI is InChI=1S/C31H34N4O2/c1-3-4-18-37-30-13-11-25(26-10-12-28-29(20-26)34-22(2)33-28)19-27(30)21-32-31(36)35-16-14-24(15-17-35)23-8-6-5-7-9-23/h5-14,19-20H,3-4,15-18,21H2,1-2H3,(H,32,36)(H,33,34). The van der Waals surface area contributed by atoms with Gasteiger partial charge in [-0.05, 0) is 66.3 Å². The molecule has 0 spiro atoms. The van der Waals surface area contributed by atoms with E-state index >= 15 is 0 Å². The summed E-state index contributed by atoms with van der Waals surface area (Å²) in [6, 6.07) is 22.8. The molecule has 37 heavy (non-hydrogen) atoms. The number of imidazole rings is 1. The zero-order valence-electron chi connectivity index (χ0n) is 21.6. The quantitative estimate of drug-likeness (QED) is 0.267. The van der Waals surface area contributed by atoms with Crippen molar-refractivity contribution in [3.63, 3.8) is 0 Å². The van der Waals surface area contributed by atoms with Crippen molar-refractivity contribution in [1.82, 2.24) is 20.2 Å². The van der Waals surface area contributed by atoms with Crippen LogP contribution in [-0.2, 0) is 6.54 Å². The van der Waals surface area contributed by atoms with E-state index in [1.54, 1.807) is 0 Å². The Bertz CT molecular complexity index is 1410. The van der Waals surface area contributed by atoms with Crippen molar-refractivity contribution in [2.24, 2.45) is 0 Å². The van der Waals surface area contributed by atoms with Gasteiger partial charge in [-0.25, -0.2) is 9.78 Å². The Morgan fingerprint density at radius 1 is 1.05 bits per heavy atom. The summed E-state index contributed by atoms with van der Waals surface area (Å²) in [7, 11) is 0. The number of amides is 2. The van der Waals surface area contributed by atoms with Crippen LogP contribution in [0.2, 0.25) is 0 Å². The number of ether oxygens (including phenoxy) is 1. The minimum absolute atomic E-state index is 0.0531. The number of carbonyl (C=O) groups excluding carboxylic acids is 1. The minimum atomic E-state index is -0.0531. The zero-order valence-corrected chi connectivity index (χ0v) is 21.6. The van der Waals surface area contributed by atoms with Crippen molar-refractivity contribution in [3.05, 3.63) is 89.8 Å². The molecule has 6 heteroatoms. The fourth-order valence-electron chi connectivity index (χ4n) is 4.73. The molecule has 0 radical (unpaired) electrons. The molecule has 0 saturated carbocycles. The third-order valence-corrected chi connectivity index (χ3v) is 6.82. The van der Waals surface area contributed by atoms with E-state index in [0.717, 1.165) is 58.6 Å². The van der Waals surface area contributed by atoms with Crippen LogP contribution in [0.15, 0.2) is 72.8 Å². The number of hydrogen-bond donors (Lipinski definition) is 2. The van der Waals surface area contributed by atoms with Crippen LogP contribution in [0, 0.1) is 6.92 Å². The van der Waals surface area contributed by atoms with Crippen molar-refractivity contribution in [2.75, 3.05) is 19.7 Å². The number of aromatic nitrogens is 2. The van der Waals surface area contributed by atoms with Gasteiger partial charge in [0.2, 0.25) is 0 Å². The lowest BCUT2D eigenvalue weighted by molar-refractivity contribution is 0.202. The first kappa shape index (κ1) is 24.6. The molecule has 1 aliphatic heterocycles. The van der Waals surface area contributed by atoms with E-state index in [9.17, 15) is 4.79 Å². The maximum absolute atomic E-state index is 13.0. The van der Waals surface area contributed by atoms with Gasteiger partial charge in [0.05, 0.1) is 17.6 Å². The minimum Gasteiger partial charge on any atom is -0.493 e. The number of H-pyrrole nitrogens is 1. The largest absolute Gasteiger partial charge is 0.493 e. The molecule has 0 atom stereocenters. The van der Waals surface area contributed by atoms with Crippen molar-refractivity contribution < 1.29 is 9.53 Å². The summed E-state index contributed by atoms with van der Waals surface area (Å²) in [6.45, 7) is 6.50. The van der Waals surface area contributed by atoms with Gasteiger partial charge in [0.15, 0.2) is 0 Å². The van der Waals surface area contributed by atoms with E-state index in [4.69, 9.17) is 4.74 Å². The van der Waals surface area contributed by atoms with Gasteiger partial charge >= 0.3 is 6.03 Å². The molecule has 1 aliphatic rings. The van der Waals surface area contributed by atoms with E-state index in [0.29, 0.717) is 26.2 Å². The number of unbranched alkanes of at least 4 members (excludes halogenated alkanes) is 1. The maximum atomic E-state index is 13.0. The number of benzene rings is 3. The third-order valence-electron chi connectivity index (χ3n) is 6.82. The summed E-state index contributed by atoms with van der Waals surface area (Å²) in [6.07, 6.45) is 5.08. The number of hydrogen-bond acceptors (Lipinski definition) is 3. The van der Waals surface area contributed by atoms with Crippen molar-refractivity contribution in [2.45, 2.75) is 39.7 Å². The highest BCUT2D eigenvalue weighted by molar-refractivity contribution is 5.82. The Hall–Kier alpha value is -4.06. The molecule has 0 unspecified atom stereocenters. The van der Waals surface area contributed by atoms with Gasteiger partial charge in [-0.2, -0.15) is 0 Å². The van der Waals surface area contributed by atoms with Gasteiger partial charge < -0.3 is 19.9 Å². The molecule has 0 aliphatic carbocycles. The van der Waals surface area contributed by atoms with Gasteiger partial charge in [0.1, 0.15) is 11.6 Å². The van der Waals surface area contributed by atoms with Crippen LogP contribution in [0.5, 0.6) is 5.75 Å². The molecule has 0 fully saturated rings. The summed E-state index contributed by atoms with van der Waals surface area (Å²) in [5.74, 6) is 1.72. The lowest BCUT2D eigenvalue weighted by Gasteiger charge is -2.27. The second kappa shape index (κ2) is 11.3. The molecule has 6 nitrogen and oxygen atoms in total. The Morgan fingerprint density at radius 3 is 2.65 bits per heavy atom. The smallest absolute Gasteiger partial charge is 0.317 e. The summed E-state index contributed by atoms with van der Waals surface area (Å²) in [4.78, 5) is 22.7. The second-order valence-electron chi connectivity index (χ2n) is 9.53. The van der Waals surface area contributed by atoms with Crippen LogP contribution in [-0.4, -0.2) is 40.6 Å². The van der Waals surface area contributed by atoms with E-state index < -0.39 is 0 Å². The van der Waals surface area contributed by atoms with Gasteiger partial charge in [-0.1, -0.05) is 61.9 Å². The molecule has 1 aromatic heterocycles. The first-order valence-corrected chi connectivity index (χ1v) is 13.1. The number of rotatable bonds is 8. The predicted molar refractivity (Wildman–Crippen MR) is 150 cm³/mol. The lowest BCUT2D eigenvalue weighted by atomic mass is 10.00. The van der Waals surface area contributed by atoms with Crippen LogP contribution in [0.25, 0.3) is 27.7 Å². The number of aromatic amines is 1. The van der Waals surface area contributed by atoms with E-state index in [1.807, 2.05) is 30.0 Å².